The predicted octanol–water partition coefficient (Wildman–Crippen LogP) is 0.661. The van der Waals surface area contributed by atoms with Crippen LogP contribution in [0.15, 0.2) is 23.0 Å². The zero-order valence-corrected chi connectivity index (χ0v) is 9.04. The number of hydrogen-bond acceptors (Lipinski definition) is 4. The molecule has 2 heterocycles. The van der Waals surface area contributed by atoms with Crippen LogP contribution in [0.3, 0.4) is 0 Å². The molecule has 0 aliphatic rings. The molecule has 0 bridgehead atoms. The van der Waals surface area contributed by atoms with E-state index >= 15 is 0 Å². The Morgan fingerprint density at radius 2 is 2.18 bits per heavy atom. The molecule has 0 amide bonds. The lowest BCUT2D eigenvalue weighted by Gasteiger charge is -2.07. The maximum atomic E-state index is 12.0. The first-order valence-corrected chi connectivity index (χ1v) is 5.03. The Bertz CT molecular complexity index is 660. The van der Waals surface area contributed by atoms with Crippen LogP contribution in [0.1, 0.15) is 23.0 Å². The van der Waals surface area contributed by atoms with Crippen molar-refractivity contribution in [3.63, 3.8) is 0 Å². The summed E-state index contributed by atoms with van der Waals surface area (Å²) in [6, 6.07) is 4.94. The van der Waals surface area contributed by atoms with Crippen LogP contribution < -0.4 is 5.56 Å². The van der Waals surface area contributed by atoms with Crippen LogP contribution in [0.5, 0.6) is 5.88 Å². The average molecular weight is 234 g/mol. The summed E-state index contributed by atoms with van der Waals surface area (Å²) in [7, 11) is 0. The van der Waals surface area contributed by atoms with Crippen LogP contribution in [-0.2, 0) is 6.42 Å². The highest BCUT2D eigenvalue weighted by Gasteiger charge is 2.19. The van der Waals surface area contributed by atoms with Gasteiger partial charge in [-0.05, 0) is 18.6 Å². The smallest absolute Gasteiger partial charge is 0.346 e. The molecule has 2 aromatic heterocycles. The van der Waals surface area contributed by atoms with Gasteiger partial charge in [-0.3, -0.25) is 9.20 Å². The van der Waals surface area contributed by atoms with Gasteiger partial charge in [0.15, 0.2) is 5.56 Å². The molecule has 6 nitrogen and oxygen atoms in total. The lowest BCUT2D eigenvalue weighted by atomic mass is 10.2. The average Bonchev–Trinajstić information content (AvgIpc) is 2.27. The van der Waals surface area contributed by atoms with E-state index in [-0.39, 0.29) is 5.65 Å². The number of aromatic hydroxyl groups is 1. The Hall–Kier alpha value is -2.37. The Morgan fingerprint density at radius 3 is 2.76 bits per heavy atom. The fourth-order valence-corrected chi connectivity index (χ4v) is 1.70. The third kappa shape index (κ3) is 1.63. The van der Waals surface area contributed by atoms with Crippen molar-refractivity contribution in [1.29, 1.82) is 0 Å². The summed E-state index contributed by atoms with van der Waals surface area (Å²) < 4.78 is 1.20. The molecule has 0 unspecified atom stereocenters. The minimum absolute atomic E-state index is 0.233. The third-order valence-electron chi connectivity index (χ3n) is 2.49. The maximum absolute atomic E-state index is 12.0. The molecule has 0 saturated heterocycles. The fourth-order valence-electron chi connectivity index (χ4n) is 1.70. The fraction of sp³-hybridized carbons (Fsp3) is 0.182. The van der Waals surface area contributed by atoms with E-state index in [1.807, 2.05) is 6.92 Å². The normalized spacial score (nSPS) is 10.6. The van der Waals surface area contributed by atoms with Crippen molar-refractivity contribution >= 4 is 11.6 Å². The van der Waals surface area contributed by atoms with Crippen molar-refractivity contribution in [3.8, 4) is 5.88 Å². The van der Waals surface area contributed by atoms with Crippen LogP contribution >= 0.6 is 0 Å². The topological polar surface area (TPSA) is 91.9 Å². The van der Waals surface area contributed by atoms with Gasteiger partial charge in [0.2, 0.25) is 5.88 Å². The molecular weight excluding hydrogens is 224 g/mol. The summed E-state index contributed by atoms with van der Waals surface area (Å²) >= 11 is 0. The number of carboxylic acid groups (broad SMARTS) is 1. The van der Waals surface area contributed by atoms with Crippen molar-refractivity contribution in [1.82, 2.24) is 9.38 Å². The molecule has 6 heteroatoms. The van der Waals surface area contributed by atoms with Gasteiger partial charge in [0.1, 0.15) is 5.65 Å². The van der Waals surface area contributed by atoms with E-state index < -0.39 is 23.0 Å². The molecule has 0 fully saturated rings. The molecule has 2 N–H and O–H groups in total. The van der Waals surface area contributed by atoms with Gasteiger partial charge in [0.05, 0.1) is 0 Å². The number of hydrogen-bond donors (Lipinski definition) is 2. The van der Waals surface area contributed by atoms with Gasteiger partial charge in [0.25, 0.3) is 5.56 Å². The predicted molar refractivity (Wildman–Crippen MR) is 59.5 cm³/mol. The minimum atomic E-state index is -1.49. The number of aryl methyl sites for hydroxylation is 1. The molecule has 0 atom stereocenters. The first-order valence-electron chi connectivity index (χ1n) is 5.03. The van der Waals surface area contributed by atoms with Gasteiger partial charge >= 0.3 is 5.97 Å². The highest BCUT2D eigenvalue weighted by atomic mass is 16.4. The molecule has 2 aromatic rings. The Kier molecular flexibility index (Phi) is 2.55. The van der Waals surface area contributed by atoms with Gasteiger partial charge in [-0.25, -0.2) is 4.79 Å². The molecule has 0 aliphatic carbocycles. The van der Waals surface area contributed by atoms with E-state index in [4.69, 9.17) is 5.11 Å². The van der Waals surface area contributed by atoms with Crippen LogP contribution in [0, 0.1) is 0 Å². The molecule has 0 radical (unpaired) electrons. The summed E-state index contributed by atoms with van der Waals surface area (Å²) in [4.78, 5) is 26.5. The monoisotopic (exact) mass is 234 g/mol. The molecule has 17 heavy (non-hydrogen) atoms. The third-order valence-corrected chi connectivity index (χ3v) is 2.49. The van der Waals surface area contributed by atoms with Crippen LogP contribution in [0.4, 0.5) is 0 Å². The number of fused-ring (bicyclic) bond motifs is 1. The van der Waals surface area contributed by atoms with Crippen LogP contribution in [0.2, 0.25) is 0 Å². The number of rotatable bonds is 2. The summed E-state index contributed by atoms with van der Waals surface area (Å²) in [5.74, 6) is -2.24. The van der Waals surface area contributed by atoms with E-state index in [0.717, 1.165) is 0 Å². The first-order chi connectivity index (χ1) is 8.06. The summed E-state index contributed by atoms with van der Waals surface area (Å²) in [5, 5.41) is 18.3. The zero-order chi connectivity index (χ0) is 12.6. The molecule has 0 aliphatic heterocycles. The molecule has 0 saturated carbocycles. The van der Waals surface area contributed by atoms with Gasteiger partial charge in [-0.15, -0.1) is 0 Å². The molecule has 0 spiro atoms. The highest BCUT2D eigenvalue weighted by molar-refractivity contribution is 5.89. The standard InChI is InChI=1S/C11H10N2O4/c1-2-6-4-3-5-7-12-9(14)8(11(16)17)10(15)13(6)7/h3-5,14H,2H2,1H3,(H,16,17). The molecular formula is C11H10N2O4. The second kappa shape index (κ2) is 3.89. The van der Waals surface area contributed by atoms with E-state index in [0.29, 0.717) is 12.1 Å². The number of carboxylic acids is 1. The van der Waals surface area contributed by atoms with Gasteiger partial charge in [-0.2, -0.15) is 4.98 Å². The van der Waals surface area contributed by atoms with E-state index in [9.17, 15) is 14.7 Å². The van der Waals surface area contributed by atoms with Crippen molar-refractivity contribution in [3.05, 3.63) is 39.8 Å². The number of aromatic nitrogens is 2. The molecule has 2 rings (SSSR count). The minimum Gasteiger partial charge on any atom is -0.492 e. The second-order valence-corrected chi connectivity index (χ2v) is 3.48. The molecule has 0 aromatic carbocycles. The Labute approximate surface area is 95.8 Å². The van der Waals surface area contributed by atoms with E-state index in [2.05, 4.69) is 4.98 Å². The van der Waals surface area contributed by atoms with Crippen molar-refractivity contribution in [2.75, 3.05) is 0 Å². The number of carbonyl (C=O) groups is 1. The zero-order valence-electron chi connectivity index (χ0n) is 9.04. The Morgan fingerprint density at radius 1 is 1.47 bits per heavy atom. The van der Waals surface area contributed by atoms with Gasteiger partial charge in [-0.1, -0.05) is 13.0 Å². The van der Waals surface area contributed by atoms with E-state index in [1.165, 1.54) is 10.5 Å². The maximum Gasteiger partial charge on any atom is 0.346 e. The number of pyridine rings is 1. The molecule has 88 valence electrons. The SMILES string of the molecule is CCc1cccc2nc(O)c(C(=O)O)c(=O)n12. The lowest BCUT2D eigenvalue weighted by molar-refractivity contribution is 0.0690. The van der Waals surface area contributed by atoms with Crippen molar-refractivity contribution in [2.24, 2.45) is 0 Å². The number of nitrogens with zero attached hydrogens (tertiary/aromatic N) is 2. The summed E-state index contributed by atoms with van der Waals surface area (Å²) in [6.07, 6.45) is 0.558. The first kappa shape index (κ1) is 11.1. The summed E-state index contributed by atoms with van der Waals surface area (Å²) in [5.41, 5.74) is -0.597. The Balaban J connectivity index is 2.99. The van der Waals surface area contributed by atoms with Gasteiger partial charge in [0, 0.05) is 5.69 Å². The highest BCUT2D eigenvalue weighted by Crippen LogP contribution is 2.12. The summed E-state index contributed by atoms with van der Waals surface area (Å²) in [6.45, 7) is 1.84. The quantitative estimate of drug-likeness (QED) is 0.796. The van der Waals surface area contributed by atoms with Crippen LogP contribution in [-0.4, -0.2) is 25.6 Å². The van der Waals surface area contributed by atoms with Crippen LogP contribution in [0.25, 0.3) is 5.65 Å². The van der Waals surface area contributed by atoms with E-state index in [1.54, 1.807) is 12.1 Å². The lowest BCUT2D eigenvalue weighted by Crippen LogP contribution is -2.25. The van der Waals surface area contributed by atoms with Crippen molar-refractivity contribution in [2.45, 2.75) is 13.3 Å². The van der Waals surface area contributed by atoms with Crippen molar-refractivity contribution < 1.29 is 15.0 Å². The second-order valence-electron chi connectivity index (χ2n) is 3.48. The number of aromatic carboxylic acids is 1. The largest absolute Gasteiger partial charge is 0.492 e. The van der Waals surface area contributed by atoms with Gasteiger partial charge < -0.3 is 10.2 Å².